The summed E-state index contributed by atoms with van der Waals surface area (Å²) >= 11 is 3.30. The Kier molecular flexibility index (Phi) is 7.18. The van der Waals surface area contributed by atoms with Crippen LogP contribution in [0.2, 0.25) is 0 Å². The number of nitrogens with one attached hydrogen (secondary N) is 1. The number of anilines is 1. The zero-order valence-electron chi connectivity index (χ0n) is 15.4. The van der Waals surface area contributed by atoms with Gasteiger partial charge in [-0.2, -0.15) is 5.26 Å². The van der Waals surface area contributed by atoms with E-state index < -0.39 is 11.9 Å². The number of benzene rings is 2. The molecule has 2 rings (SSSR count). The summed E-state index contributed by atoms with van der Waals surface area (Å²) in [4.78, 5) is 23.7. The third kappa shape index (κ3) is 5.34. The van der Waals surface area contributed by atoms with Crippen molar-refractivity contribution in [3.05, 3.63) is 52.0 Å². The maximum atomic E-state index is 12.4. The monoisotopic (exact) mass is 444 g/mol. The van der Waals surface area contributed by atoms with E-state index in [0.717, 1.165) is 0 Å². The second-order valence-electron chi connectivity index (χ2n) is 5.48. The SMILES string of the molecule is COc1cccc(NC(=O)/C(C#N)=C/c2cc(Br)c(OC(C)=O)c(OC)c2)c1. The summed E-state index contributed by atoms with van der Waals surface area (Å²) in [6.07, 6.45) is 1.40. The fraction of sp³-hybridized carbons (Fsp3) is 0.150. The van der Waals surface area contributed by atoms with E-state index in [9.17, 15) is 14.9 Å². The molecule has 0 saturated heterocycles. The maximum absolute atomic E-state index is 12.4. The molecule has 0 atom stereocenters. The summed E-state index contributed by atoms with van der Waals surface area (Å²) in [5.74, 6) is -0.00426. The molecule has 2 aromatic carbocycles. The van der Waals surface area contributed by atoms with E-state index in [1.807, 2.05) is 6.07 Å². The van der Waals surface area contributed by atoms with E-state index in [-0.39, 0.29) is 17.1 Å². The van der Waals surface area contributed by atoms with Crippen molar-refractivity contribution in [3.8, 4) is 23.3 Å². The molecule has 0 aromatic heterocycles. The molecule has 28 heavy (non-hydrogen) atoms. The first-order valence-corrected chi connectivity index (χ1v) is 8.80. The Morgan fingerprint density at radius 3 is 2.54 bits per heavy atom. The molecule has 0 saturated carbocycles. The normalized spacial score (nSPS) is 10.6. The molecular formula is C20H17BrN2O5. The van der Waals surface area contributed by atoms with E-state index >= 15 is 0 Å². The van der Waals surface area contributed by atoms with Crippen molar-refractivity contribution in [1.82, 2.24) is 0 Å². The molecule has 1 amide bonds. The molecular weight excluding hydrogens is 428 g/mol. The lowest BCUT2D eigenvalue weighted by Gasteiger charge is -2.11. The number of carbonyl (C=O) groups excluding carboxylic acids is 2. The van der Waals surface area contributed by atoms with Crippen molar-refractivity contribution in [2.24, 2.45) is 0 Å². The molecule has 0 aliphatic rings. The maximum Gasteiger partial charge on any atom is 0.308 e. The number of hydrogen-bond donors (Lipinski definition) is 1. The third-order valence-corrected chi connectivity index (χ3v) is 4.09. The number of esters is 1. The Bertz CT molecular complexity index is 979. The van der Waals surface area contributed by atoms with E-state index in [2.05, 4.69) is 21.2 Å². The highest BCUT2D eigenvalue weighted by Gasteiger charge is 2.15. The number of ether oxygens (including phenoxy) is 3. The second kappa shape index (κ2) is 9.58. The highest BCUT2D eigenvalue weighted by molar-refractivity contribution is 9.10. The van der Waals surface area contributed by atoms with Gasteiger partial charge in [0.2, 0.25) is 0 Å². The number of nitrogens with zero attached hydrogens (tertiary/aromatic N) is 1. The number of hydrogen-bond acceptors (Lipinski definition) is 6. The zero-order chi connectivity index (χ0) is 20.7. The Morgan fingerprint density at radius 2 is 1.93 bits per heavy atom. The van der Waals surface area contributed by atoms with Crippen molar-refractivity contribution in [1.29, 1.82) is 5.26 Å². The fourth-order valence-electron chi connectivity index (χ4n) is 2.28. The van der Waals surface area contributed by atoms with Crippen LogP contribution >= 0.6 is 15.9 Å². The van der Waals surface area contributed by atoms with E-state index in [1.54, 1.807) is 36.4 Å². The zero-order valence-corrected chi connectivity index (χ0v) is 17.0. The molecule has 1 N–H and O–H groups in total. The van der Waals surface area contributed by atoms with Gasteiger partial charge in [0.25, 0.3) is 5.91 Å². The van der Waals surface area contributed by atoms with Crippen molar-refractivity contribution >= 4 is 39.6 Å². The van der Waals surface area contributed by atoms with Crippen LogP contribution in [0.5, 0.6) is 17.2 Å². The molecule has 0 bridgehead atoms. The third-order valence-electron chi connectivity index (χ3n) is 3.50. The van der Waals surface area contributed by atoms with Crippen LogP contribution < -0.4 is 19.5 Å². The molecule has 0 aliphatic carbocycles. The average molecular weight is 445 g/mol. The summed E-state index contributed by atoms with van der Waals surface area (Å²) in [6.45, 7) is 1.27. The first-order valence-electron chi connectivity index (χ1n) is 8.01. The summed E-state index contributed by atoms with van der Waals surface area (Å²) in [5.41, 5.74) is 0.892. The van der Waals surface area contributed by atoms with Crippen molar-refractivity contribution in [2.45, 2.75) is 6.92 Å². The quantitative estimate of drug-likeness (QED) is 0.313. The molecule has 0 heterocycles. The minimum atomic E-state index is -0.574. The topological polar surface area (TPSA) is 97.6 Å². The van der Waals surface area contributed by atoms with Crippen LogP contribution in [0.1, 0.15) is 12.5 Å². The van der Waals surface area contributed by atoms with Crippen LogP contribution in [-0.4, -0.2) is 26.1 Å². The van der Waals surface area contributed by atoms with Crippen molar-refractivity contribution in [2.75, 3.05) is 19.5 Å². The van der Waals surface area contributed by atoms with Gasteiger partial charge in [-0.15, -0.1) is 0 Å². The Hall–Kier alpha value is -3.31. The van der Waals surface area contributed by atoms with Gasteiger partial charge in [-0.1, -0.05) is 6.07 Å². The number of methoxy groups -OCH3 is 2. The van der Waals surface area contributed by atoms with E-state index in [0.29, 0.717) is 21.5 Å². The standard InChI is InChI=1S/C20H17BrN2O5/c1-12(24)28-19-17(21)8-13(9-18(19)27-3)7-14(11-22)20(25)23-15-5-4-6-16(10-15)26-2/h4-10H,1-3H3,(H,23,25)/b14-7+. The molecule has 8 heteroatoms. The molecule has 0 aliphatic heterocycles. The lowest BCUT2D eigenvalue weighted by Crippen LogP contribution is -2.13. The molecule has 7 nitrogen and oxygen atoms in total. The van der Waals surface area contributed by atoms with Crippen LogP contribution in [0, 0.1) is 11.3 Å². The number of halogens is 1. The minimum Gasteiger partial charge on any atom is -0.497 e. The van der Waals surface area contributed by atoms with Gasteiger partial charge in [-0.05, 0) is 51.8 Å². The van der Waals surface area contributed by atoms with Crippen LogP contribution in [-0.2, 0) is 9.59 Å². The van der Waals surface area contributed by atoms with Gasteiger partial charge in [-0.3, -0.25) is 9.59 Å². The number of rotatable bonds is 6. The second-order valence-corrected chi connectivity index (χ2v) is 6.34. The van der Waals surface area contributed by atoms with Gasteiger partial charge in [0.15, 0.2) is 11.5 Å². The average Bonchev–Trinajstić information content (AvgIpc) is 2.67. The first-order chi connectivity index (χ1) is 13.4. The lowest BCUT2D eigenvalue weighted by atomic mass is 10.1. The smallest absolute Gasteiger partial charge is 0.308 e. The van der Waals surface area contributed by atoms with Gasteiger partial charge in [0.1, 0.15) is 17.4 Å². The summed E-state index contributed by atoms with van der Waals surface area (Å²) in [5, 5.41) is 12.0. The Balaban J connectivity index is 2.32. The molecule has 0 radical (unpaired) electrons. The summed E-state index contributed by atoms with van der Waals surface area (Å²) in [6, 6.07) is 11.8. The number of carbonyl (C=O) groups is 2. The largest absolute Gasteiger partial charge is 0.497 e. The van der Waals surface area contributed by atoms with Crippen LogP contribution in [0.3, 0.4) is 0 Å². The minimum absolute atomic E-state index is 0.114. The van der Waals surface area contributed by atoms with Gasteiger partial charge >= 0.3 is 5.97 Å². The van der Waals surface area contributed by atoms with Crippen LogP contribution in [0.25, 0.3) is 6.08 Å². The fourth-order valence-corrected chi connectivity index (χ4v) is 2.82. The summed E-state index contributed by atoms with van der Waals surface area (Å²) < 4.78 is 15.9. The van der Waals surface area contributed by atoms with Gasteiger partial charge < -0.3 is 19.5 Å². The number of amides is 1. The summed E-state index contributed by atoms with van der Waals surface area (Å²) in [7, 11) is 2.94. The number of nitriles is 1. The Morgan fingerprint density at radius 1 is 1.18 bits per heavy atom. The first kappa shape index (κ1) is 21.0. The molecule has 144 valence electrons. The molecule has 0 fully saturated rings. The van der Waals surface area contributed by atoms with E-state index in [4.69, 9.17) is 14.2 Å². The molecule has 2 aromatic rings. The van der Waals surface area contributed by atoms with Gasteiger partial charge in [-0.25, -0.2) is 0 Å². The van der Waals surface area contributed by atoms with E-state index in [1.165, 1.54) is 27.2 Å². The molecule has 0 unspecified atom stereocenters. The van der Waals surface area contributed by atoms with Crippen molar-refractivity contribution in [3.63, 3.8) is 0 Å². The lowest BCUT2D eigenvalue weighted by molar-refractivity contribution is -0.132. The molecule has 0 spiro atoms. The van der Waals surface area contributed by atoms with Gasteiger partial charge in [0, 0.05) is 18.7 Å². The van der Waals surface area contributed by atoms with Crippen LogP contribution in [0.15, 0.2) is 46.4 Å². The highest BCUT2D eigenvalue weighted by Crippen LogP contribution is 2.37. The van der Waals surface area contributed by atoms with Gasteiger partial charge in [0.05, 0.1) is 18.7 Å². The van der Waals surface area contributed by atoms with Crippen LogP contribution in [0.4, 0.5) is 5.69 Å². The highest BCUT2D eigenvalue weighted by atomic mass is 79.9. The predicted molar refractivity (Wildman–Crippen MR) is 107 cm³/mol. The predicted octanol–water partition coefficient (Wildman–Crippen LogP) is 3.94. The van der Waals surface area contributed by atoms with Crippen molar-refractivity contribution < 1.29 is 23.8 Å². The Labute approximate surface area is 170 Å².